The number of hydrogen-bond acceptors (Lipinski definition) is 5. The number of fused-ring (bicyclic) bond motifs is 1. The first-order valence-corrected chi connectivity index (χ1v) is 10.2. The Hall–Kier alpha value is -3.17. The molecule has 1 saturated heterocycles. The Bertz CT molecular complexity index is 1080. The molecule has 0 spiro atoms. The van der Waals surface area contributed by atoms with Gasteiger partial charge in [0.25, 0.3) is 0 Å². The molecular formula is C21H23F3N6O. The predicted octanol–water partition coefficient (Wildman–Crippen LogP) is 3.36. The number of amides is 1. The molecule has 1 amide bonds. The quantitative estimate of drug-likeness (QED) is 0.558. The molecule has 0 radical (unpaired) electrons. The first-order chi connectivity index (χ1) is 15.3. The second-order valence-corrected chi connectivity index (χ2v) is 7.46. The van der Waals surface area contributed by atoms with Crippen LogP contribution < -0.4 is 4.90 Å². The van der Waals surface area contributed by atoms with Crippen molar-refractivity contribution in [3.63, 3.8) is 0 Å². The van der Waals surface area contributed by atoms with Gasteiger partial charge < -0.3 is 9.80 Å². The summed E-state index contributed by atoms with van der Waals surface area (Å²) in [5, 5.41) is 5.36. The zero-order chi connectivity index (χ0) is 22.7. The van der Waals surface area contributed by atoms with Gasteiger partial charge in [0.2, 0.25) is 11.9 Å². The highest BCUT2D eigenvalue weighted by atomic mass is 19.4. The second-order valence-electron chi connectivity index (χ2n) is 7.46. The molecule has 0 unspecified atom stereocenters. The molecule has 0 aliphatic carbocycles. The molecule has 1 aliphatic heterocycles. The summed E-state index contributed by atoms with van der Waals surface area (Å²) in [5.41, 5.74) is -0.197. The highest BCUT2D eigenvalue weighted by Gasteiger charge is 2.32. The van der Waals surface area contributed by atoms with E-state index in [1.165, 1.54) is 0 Å². The minimum atomic E-state index is -4.46. The zero-order valence-electron chi connectivity index (χ0n) is 17.8. The maximum absolute atomic E-state index is 12.6. The van der Waals surface area contributed by atoms with Crippen LogP contribution in [0.5, 0.6) is 0 Å². The fourth-order valence-electron chi connectivity index (χ4n) is 3.56. The van der Waals surface area contributed by atoms with Gasteiger partial charge in [-0.05, 0) is 18.9 Å². The van der Waals surface area contributed by atoms with Crippen LogP contribution in [0.2, 0.25) is 0 Å². The number of nitrogens with zero attached hydrogens (tertiary/aromatic N) is 6. The number of anilines is 1. The molecule has 4 rings (SSSR count). The monoisotopic (exact) mass is 433 g/mol. The van der Waals surface area contributed by atoms with E-state index in [1.807, 2.05) is 23.0 Å². The number of halogens is 3. The second kappa shape index (κ2) is 8.91. The first kappa shape index (κ1) is 19.8. The van der Waals surface area contributed by atoms with Crippen molar-refractivity contribution in [3.8, 4) is 0 Å². The highest BCUT2D eigenvalue weighted by Crippen LogP contribution is 2.28. The third-order valence-corrected chi connectivity index (χ3v) is 5.29. The van der Waals surface area contributed by atoms with Crippen LogP contribution in [0.25, 0.3) is 10.9 Å². The lowest BCUT2D eigenvalue weighted by molar-refractivity contribution is -0.138. The number of unbranched alkanes of at least 4 members (excludes halogenated alkanes) is 1. The van der Waals surface area contributed by atoms with E-state index < -0.39 is 11.7 Å². The van der Waals surface area contributed by atoms with Crippen molar-refractivity contribution >= 4 is 22.8 Å². The number of aryl methyl sites for hydroxylation is 1. The van der Waals surface area contributed by atoms with Crippen LogP contribution in [0.3, 0.4) is 0 Å². The van der Waals surface area contributed by atoms with Crippen LogP contribution in [-0.2, 0) is 17.5 Å². The predicted molar refractivity (Wildman–Crippen MR) is 109 cm³/mol. The fourth-order valence-corrected chi connectivity index (χ4v) is 3.56. The molecule has 3 heterocycles. The Labute approximate surface area is 178 Å². The van der Waals surface area contributed by atoms with Gasteiger partial charge in [-0.2, -0.15) is 18.3 Å². The molecule has 164 valence electrons. The maximum atomic E-state index is 12.6. The van der Waals surface area contributed by atoms with E-state index in [9.17, 15) is 18.0 Å². The molecule has 7 nitrogen and oxygen atoms in total. The molecule has 1 aliphatic rings. The van der Waals surface area contributed by atoms with Gasteiger partial charge in [0.05, 0.1) is 12.5 Å². The molecule has 0 N–H and O–H groups in total. The van der Waals surface area contributed by atoms with Crippen LogP contribution in [0, 0.1) is 0 Å². The minimum absolute atomic E-state index is 0.0667. The molecule has 0 bridgehead atoms. The molecule has 3 aromatic rings. The number of carbonyl (C=O) groups excluding carboxylic acids is 1. The lowest BCUT2D eigenvalue weighted by Gasteiger charge is -2.34. The van der Waals surface area contributed by atoms with Crippen molar-refractivity contribution in [3.05, 3.63) is 48.4 Å². The van der Waals surface area contributed by atoms with Gasteiger partial charge in [-0.3, -0.25) is 9.48 Å². The Morgan fingerprint density at radius 3 is 2.52 bits per heavy atom. The molecule has 1 aromatic carbocycles. The average molecular weight is 433 g/mol. The van der Waals surface area contributed by atoms with Crippen molar-refractivity contribution in [2.24, 2.45) is 0 Å². The van der Waals surface area contributed by atoms with Crippen molar-refractivity contribution in [2.45, 2.75) is 32.0 Å². The largest absolute Gasteiger partial charge is 0.419 e. The van der Waals surface area contributed by atoms with Gasteiger partial charge in [0.1, 0.15) is 0 Å². The fraction of sp³-hybridized carbons (Fsp3) is 0.429. The standard InChI is InChI=1S/C21H23F3N6O/c22-21(23,24)17-13-25-20(26-14-17)29-11-9-28(10-12-29)19(31)7-3-4-8-30-15-16-5-1-2-6-18(16)27-30/h1-2,5-6,13-15H,3-4,7-12H2/i6D. The van der Waals surface area contributed by atoms with E-state index in [-0.39, 0.29) is 11.9 Å². The van der Waals surface area contributed by atoms with Gasteiger partial charge in [0, 0.05) is 63.1 Å². The Kier molecular flexibility index (Phi) is 5.68. The SMILES string of the molecule is [2H]c1cccc2cn(CCCCC(=O)N3CCN(c4ncc(C(F)(F)F)cn4)CC3)nc12. The van der Waals surface area contributed by atoms with E-state index >= 15 is 0 Å². The Morgan fingerprint density at radius 1 is 1.10 bits per heavy atom. The number of hydrogen-bond donors (Lipinski definition) is 0. The molecular weight excluding hydrogens is 409 g/mol. The van der Waals surface area contributed by atoms with Crippen molar-refractivity contribution in [1.82, 2.24) is 24.6 Å². The van der Waals surface area contributed by atoms with Crippen molar-refractivity contribution in [2.75, 3.05) is 31.1 Å². The summed E-state index contributed by atoms with van der Waals surface area (Å²) in [7, 11) is 0. The molecule has 1 fully saturated rings. The third kappa shape index (κ3) is 5.12. The van der Waals surface area contributed by atoms with Crippen LogP contribution in [0.4, 0.5) is 19.1 Å². The van der Waals surface area contributed by atoms with Gasteiger partial charge >= 0.3 is 6.18 Å². The van der Waals surface area contributed by atoms with Gasteiger partial charge in [0.15, 0.2) is 0 Å². The number of benzene rings is 1. The molecule has 0 atom stereocenters. The molecule has 31 heavy (non-hydrogen) atoms. The summed E-state index contributed by atoms with van der Waals surface area (Å²) in [4.78, 5) is 23.7. The third-order valence-electron chi connectivity index (χ3n) is 5.29. The summed E-state index contributed by atoms with van der Waals surface area (Å²) in [6, 6.07) is 5.87. The van der Waals surface area contributed by atoms with Crippen LogP contribution in [0.1, 0.15) is 26.2 Å². The number of rotatable bonds is 6. The zero-order valence-corrected chi connectivity index (χ0v) is 16.8. The number of aromatic nitrogens is 4. The van der Waals surface area contributed by atoms with Crippen LogP contribution in [0.15, 0.2) is 42.8 Å². The number of piperazine rings is 1. The Morgan fingerprint density at radius 2 is 1.84 bits per heavy atom. The van der Waals surface area contributed by atoms with E-state index in [1.54, 1.807) is 15.9 Å². The lowest BCUT2D eigenvalue weighted by Crippen LogP contribution is -2.49. The van der Waals surface area contributed by atoms with Gasteiger partial charge in [-0.1, -0.05) is 18.2 Å². The minimum Gasteiger partial charge on any atom is -0.339 e. The summed E-state index contributed by atoms with van der Waals surface area (Å²) < 4.78 is 47.6. The maximum Gasteiger partial charge on any atom is 0.419 e. The van der Waals surface area contributed by atoms with E-state index in [2.05, 4.69) is 15.1 Å². The summed E-state index contributed by atoms with van der Waals surface area (Å²) in [5.74, 6) is 0.310. The summed E-state index contributed by atoms with van der Waals surface area (Å²) in [6.45, 7) is 2.61. The van der Waals surface area contributed by atoms with Crippen LogP contribution >= 0.6 is 0 Å². The lowest BCUT2D eigenvalue weighted by atomic mass is 10.2. The highest BCUT2D eigenvalue weighted by molar-refractivity contribution is 5.77. The molecule has 0 saturated carbocycles. The summed E-state index contributed by atoms with van der Waals surface area (Å²) >= 11 is 0. The number of alkyl halides is 3. The smallest absolute Gasteiger partial charge is 0.339 e. The molecule has 10 heteroatoms. The van der Waals surface area contributed by atoms with Crippen molar-refractivity contribution in [1.29, 1.82) is 0 Å². The summed E-state index contributed by atoms with van der Waals surface area (Å²) in [6.07, 6.45) is 0.982. The van der Waals surface area contributed by atoms with E-state index in [0.717, 1.165) is 30.6 Å². The van der Waals surface area contributed by atoms with Crippen molar-refractivity contribution < 1.29 is 19.3 Å². The first-order valence-electron chi connectivity index (χ1n) is 10.7. The Balaban J connectivity index is 1.20. The topological polar surface area (TPSA) is 67.2 Å². The number of carbonyl (C=O) groups is 1. The molecule has 2 aromatic heterocycles. The normalized spacial score (nSPS) is 15.4. The van der Waals surface area contributed by atoms with Gasteiger partial charge in [-0.25, -0.2) is 9.97 Å². The van der Waals surface area contributed by atoms with E-state index in [4.69, 9.17) is 1.37 Å². The van der Waals surface area contributed by atoms with Gasteiger partial charge in [-0.15, -0.1) is 0 Å². The van der Waals surface area contributed by atoms with E-state index in [0.29, 0.717) is 50.7 Å². The average Bonchev–Trinajstić information content (AvgIpc) is 3.21. The van der Waals surface area contributed by atoms with Crippen LogP contribution in [-0.4, -0.2) is 56.7 Å².